The van der Waals surface area contributed by atoms with Gasteiger partial charge in [-0.2, -0.15) is 26.3 Å². The summed E-state index contributed by atoms with van der Waals surface area (Å²) >= 11 is 0. The van der Waals surface area contributed by atoms with Gasteiger partial charge in [0.15, 0.2) is 0 Å². The molecule has 4 N–H and O–H groups in total. The van der Waals surface area contributed by atoms with E-state index in [0.29, 0.717) is 38.0 Å². The van der Waals surface area contributed by atoms with Crippen molar-refractivity contribution in [3.05, 3.63) is 108 Å². The summed E-state index contributed by atoms with van der Waals surface area (Å²) in [5.74, 6) is -0.188. The van der Waals surface area contributed by atoms with Crippen LogP contribution in [-0.4, -0.2) is 82.2 Å². The molecular weight excluding hydrogens is 923 g/mol. The van der Waals surface area contributed by atoms with E-state index in [4.69, 9.17) is 18.9 Å². The van der Waals surface area contributed by atoms with E-state index in [1.807, 2.05) is 39.0 Å². The molecule has 0 heterocycles. The maximum absolute atomic E-state index is 12.9. The van der Waals surface area contributed by atoms with Crippen LogP contribution in [0.25, 0.3) is 0 Å². The minimum absolute atomic E-state index is 0.0101. The largest absolute Gasteiger partial charge is 0.493 e. The monoisotopic (exact) mass is 997 g/mol. The van der Waals surface area contributed by atoms with Gasteiger partial charge in [0.25, 0.3) is 0 Å². The van der Waals surface area contributed by atoms with E-state index in [9.17, 15) is 56.4 Å². The third-order valence-electron chi connectivity index (χ3n) is 12.0. The summed E-state index contributed by atoms with van der Waals surface area (Å²) in [5.41, 5.74) is -1.56. The van der Waals surface area contributed by atoms with Gasteiger partial charge in [0.2, 0.25) is 0 Å². The second kappa shape index (κ2) is 29.6. The lowest BCUT2D eigenvalue weighted by atomic mass is 9.86. The lowest BCUT2D eigenvalue weighted by Gasteiger charge is -2.20. The first-order valence-corrected chi connectivity index (χ1v) is 24.3. The molecule has 2 aromatic rings. The summed E-state index contributed by atoms with van der Waals surface area (Å²) in [7, 11) is 0. The van der Waals surface area contributed by atoms with Crippen molar-refractivity contribution >= 4 is 11.9 Å². The van der Waals surface area contributed by atoms with E-state index in [-0.39, 0.29) is 91.0 Å². The van der Waals surface area contributed by atoms with Crippen molar-refractivity contribution in [1.29, 1.82) is 0 Å². The first-order chi connectivity index (χ1) is 32.9. The molecule has 10 nitrogen and oxygen atoms in total. The van der Waals surface area contributed by atoms with Crippen molar-refractivity contribution in [2.45, 2.75) is 155 Å². The maximum Gasteiger partial charge on any atom is 0.416 e. The average molecular weight is 997 g/mol. The number of ether oxygens (including phenoxy) is 4. The molecule has 0 amide bonds. The Morgan fingerprint density at radius 2 is 1.10 bits per heavy atom. The molecule has 2 aliphatic carbocycles. The Bertz CT molecular complexity index is 1840. The Kier molecular flexibility index (Phi) is 25.3. The number of carbonyl (C=O) groups excluding carboxylic acids is 2. The van der Waals surface area contributed by atoms with Gasteiger partial charge in [-0.1, -0.05) is 74.6 Å². The molecular formula is C54H74F6O10. The van der Waals surface area contributed by atoms with Crippen LogP contribution >= 0.6 is 0 Å². The van der Waals surface area contributed by atoms with Crippen molar-refractivity contribution in [2.75, 3.05) is 13.2 Å². The fraction of sp³-hybridized carbons (Fsp3) is 0.593. The molecule has 2 fully saturated rings. The molecule has 0 aliphatic heterocycles. The summed E-state index contributed by atoms with van der Waals surface area (Å²) in [6.07, 6.45) is 8.95. The molecule has 2 aliphatic rings. The molecule has 0 spiro atoms. The number of halogens is 6. The van der Waals surface area contributed by atoms with Crippen molar-refractivity contribution < 1.29 is 75.3 Å². The smallest absolute Gasteiger partial charge is 0.416 e. The molecule has 16 heteroatoms. The van der Waals surface area contributed by atoms with E-state index in [1.54, 1.807) is 19.9 Å². The highest BCUT2D eigenvalue weighted by atomic mass is 19.4. The summed E-state index contributed by atoms with van der Waals surface area (Å²) < 4.78 is 98.1. The van der Waals surface area contributed by atoms with Gasteiger partial charge in [0.05, 0.1) is 48.3 Å². The minimum Gasteiger partial charge on any atom is -0.493 e. The quantitative estimate of drug-likeness (QED) is 0.0346. The summed E-state index contributed by atoms with van der Waals surface area (Å²) in [6, 6.07) is 9.31. The Labute approximate surface area is 409 Å². The number of unbranched alkanes of at least 4 members (excludes halogenated alkanes) is 2. The van der Waals surface area contributed by atoms with Gasteiger partial charge < -0.3 is 39.4 Å². The number of aliphatic hydroxyl groups excluding tert-OH is 4. The van der Waals surface area contributed by atoms with Crippen molar-refractivity contribution in [1.82, 2.24) is 0 Å². The number of alkyl halides is 6. The molecule has 2 saturated carbocycles. The van der Waals surface area contributed by atoms with Gasteiger partial charge in [0.1, 0.15) is 24.2 Å². The number of rotatable bonds is 24. The highest BCUT2D eigenvalue weighted by Crippen LogP contribution is 2.41. The van der Waals surface area contributed by atoms with Gasteiger partial charge in [-0.05, 0) is 133 Å². The van der Waals surface area contributed by atoms with Crippen LogP contribution in [-0.2, 0) is 31.4 Å². The highest BCUT2D eigenvalue weighted by Gasteiger charge is 2.40. The third kappa shape index (κ3) is 22.2. The topological polar surface area (TPSA) is 152 Å². The van der Waals surface area contributed by atoms with E-state index in [0.717, 1.165) is 49.9 Å². The summed E-state index contributed by atoms with van der Waals surface area (Å²) in [6.45, 7) is 11.4. The fourth-order valence-electron chi connectivity index (χ4n) is 8.48. The Balaban J connectivity index is 0.000000370. The second-order valence-corrected chi connectivity index (χ2v) is 18.9. The number of allylic oxidation sites excluding steroid dienone is 5. The molecule has 0 aromatic heterocycles. The SMILES string of the molecule is CC(/C=C/[C@@H]1[C@@H](C/C=C\CCCC(=O)OC(C)C)[C@@H](O)C[C@H]1C)COc1cccc(C(F)(F)F)c1.CC(C)OC(=O)CCC/C=C\C[C@@H]1[C@@H](/C=C/C(O)COc2cccc(C(F)(F)F)c2)[C@H](O)C[C@@H]1O. The van der Waals surface area contributed by atoms with Gasteiger partial charge in [-0.25, -0.2) is 0 Å². The highest BCUT2D eigenvalue weighted by molar-refractivity contribution is 5.69. The van der Waals surface area contributed by atoms with E-state index in [2.05, 4.69) is 25.2 Å². The van der Waals surface area contributed by atoms with E-state index >= 15 is 0 Å². The van der Waals surface area contributed by atoms with Gasteiger partial charge in [-0.3, -0.25) is 9.59 Å². The number of carbonyl (C=O) groups is 2. The number of hydrogen-bond donors (Lipinski definition) is 4. The zero-order valence-corrected chi connectivity index (χ0v) is 41.2. The molecule has 10 atom stereocenters. The molecule has 2 unspecified atom stereocenters. The second-order valence-electron chi connectivity index (χ2n) is 18.9. The molecule has 2 aromatic carbocycles. The first kappa shape index (κ1) is 59.7. The van der Waals surface area contributed by atoms with Crippen LogP contribution < -0.4 is 9.47 Å². The van der Waals surface area contributed by atoms with Crippen LogP contribution in [0.15, 0.2) is 97.1 Å². The van der Waals surface area contributed by atoms with Gasteiger partial charge in [-0.15, -0.1) is 0 Å². The number of benzene rings is 2. The normalized spacial score (nSPS) is 23.9. The first-order valence-electron chi connectivity index (χ1n) is 24.3. The molecule has 0 radical (unpaired) electrons. The zero-order chi connectivity index (χ0) is 52.0. The molecule has 392 valence electrons. The van der Waals surface area contributed by atoms with Crippen LogP contribution in [0.3, 0.4) is 0 Å². The lowest BCUT2D eigenvalue weighted by molar-refractivity contribution is -0.148. The number of aliphatic hydroxyl groups is 4. The van der Waals surface area contributed by atoms with E-state index < -0.39 is 41.8 Å². The van der Waals surface area contributed by atoms with Crippen molar-refractivity contribution in [3.8, 4) is 11.5 Å². The van der Waals surface area contributed by atoms with Crippen LogP contribution in [0.1, 0.15) is 117 Å². The zero-order valence-electron chi connectivity index (χ0n) is 41.2. The Hall–Kier alpha value is -4.64. The third-order valence-corrected chi connectivity index (χ3v) is 12.0. The predicted molar refractivity (Wildman–Crippen MR) is 255 cm³/mol. The average Bonchev–Trinajstić information content (AvgIpc) is 3.71. The van der Waals surface area contributed by atoms with Crippen molar-refractivity contribution in [3.63, 3.8) is 0 Å². The Morgan fingerprint density at radius 1 is 0.643 bits per heavy atom. The number of esters is 2. The summed E-state index contributed by atoms with van der Waals surface area (Å²) in [5, 5.41) is 41.4. The minimum atomic E-state index is -4.49. The number of hydrogen-bond acceptors (Lipinski definition) is 10. The Morgan fingerprint density at radius 3 is 1.59 bits per heavy atom. The molecule has 0 saturated heterocycles. The molecule has 0 bridgehead atoms. The molecule has 70 heavy (non-hydrogen) atoms. The van der Waals surface area contributed by atoms with Gasteiger partial charge >= 0.3 is 24.3 Å². The fourth-order valence-corrected chi connectivity index (χ4v) is 8.48. The molecule has 4 rings (SSSR count). The van der Waals surface area contributed by atoms with E-state index in [1.165, 1.54) is 30.3 Å². The van der Waals surface area contributed by atoms with Crippen LogP contribution in [0, 0.1) is 35.5 Å². The maximum atomic E-state index is 12.9. The standard InChI is InChI=1S/C28H39F3O4.C26H35F3O6/c1-19(2)35-27(33)13-8-6-5-7-12-25-24(21(4)16-26(25)32)15-14-20(3)18-34-23-11-9-10-22(17-23)28(29,30)31;1-17(2)35-25(33)11-6-4-3-5-10-21-22(24(32)15-23(21)31)13-12-19(30)16-34-20-9-7-8-18(14-20)26(27,28)29/h5,7,9-11,14-15,17,19-21,24-26,32H,6,8,12-13,16,18H2,1-4H3;3,5,7-9,12-14,17,19,21-24,30-32H,4,6,10-11,15-16H2,1-2H3/b7-5-,15-14+;5-3-,13-12+/t20?,21-,24+,25-,26+;19?,21-,22-,23+,24-/m11/s1. The predicted octanol–water partition coefficient (Wildman–Crippen LogP) is 11.4. The van der Waals surface area contributed by atoms with Crippen molar-refractivity contribution in [2.24, 2.45) is 35.5 Å². The summed E-state index contributed by atoms with van der Waals surface area (Å²) in [4.78, 5) is 23.1. The van der Waals surface area contributed by atoms with Gasteiger partial charge in [0, 0.05) is 31.1 Å². The van der Waals surface area contributed by atoms with Crippen LogP contribution in [0.4, 0.5) is 26.3 Å². The van der Waals surface area contributed by atoms with Crippen LogP contribution in [0.2, 0.25) is 0 Å². The van der Waals surface area contributed by atoms with Crippen LogP contribution in [0.5, 0.6) is 11.5 Å². The lowest BCUT2D eigenvalue weighted by Crippen LogP contribution is -2.21.